The van der Waals surface area contributed by atoms with E-state index in [0.717, 1.165) is 38.3 Å². The Kier molecular flexibility index (Phi) is 18.5. The minimum Gasteiger partial charge on any atom is -0.478 e. The molecule has 0 bridgehead atoms. The molecule has 3 rings (SSSR count). The molecule has 2 heterocycles. The predicted molar refractivity (Wildman–Crippen MR) is 217 cm³/mol. The highest BCUT2D eigenvalue weighted by Gasteiger charge is 2.43. The number of likely N-dealkylation sites (tertiary alicyclic amines) is 1. The van der Waals surface area contributed by atoms with Crippen molar-refractivity contribution < 1.29 is 48.2 Å². The van der Waals surface area contributed by atoms with Crippen molar-refractivity contribution in [3.8, 4) is 0 Å². The Balaban J connectivity index is 1.84. The summed E-state index contributed by atoms with van der Waals surface area (Å²) in [5.74, 6) is -5.74. The second kappa shape index (κ2) is 22.7. The molecule has 1 aromatic heterocycles. The minimum atomic E-state index is -1.40. The number of carbonyl (C=O) groups is 8. The number of nitrogens with one attached hydrogen (secondary N) is 4. The third-order valence-electron chi connectivity index (χ3n) is 10.7. The van der Waals surface area contributed by atoms with E-state index >= 15 is 0 Å². The summed E-state index contributed by atoms with van der Waals surface area (Å²) in [4.78, 5) is 111. The van der Waals surface area contributed by atoms with E-state index in [9.17, 15) is 43.5 Å². The van der Waals surface area contributed by atoms with E-state index < -0.39 is 83.0 Å². The Morgan fingerprint density at radius 1 is 0.898 bits per heavy atom. The Labute approximate surface area is 346 Å². The summed E-state index contributed by atoms with van der Waals surface area (Å²) in [6.07, 6.45) is 11.1. The van der Waals surface area contributed by atoms with Gasteiger partial charge < -0.3 is 41.7 Å². The van der Waals surface area contributed by atoms with Crippen molar-refractivity contribution in [2.75, 3.05) is 13.2 Å². The molecule has 0 radical (unpaired) electrons. The average molecular weight is 826 g/mol. The topological polar surface area (TPSA) is 256 Å². The van der Waals surface area contributed by atoms with Gasteiger partial charge in [-0.3, -0.25) is 33.8 Å². The zero-order valence-electron chi connectivity index (χ0n) is 35.2. The van der Waals surface area contributed by atoms with E-state index in [-0.39, 0.29) is 49.0 Å². The van der Waals surface area contributed by atoms with Crippen LogP contribution in [0.4, 0.5) is 0 Å². The molecule has 59 heavy (non-hydrogen) atoms. The number of amides is 6. The molecular formula is C42H63N7O10. The summed E-state index contributed by atoms with van der Waals surface area (Å²) in [6, 6.07) is -4.10. The van der Waals surface area contributed by atoms with Crippen molar-refractivity contribution in [3.05, 3.63) is 41.7 Å². The summed E-state index contributed by atoms with van der Waals surface area (Å²) >= 11 is 0. The van der Waals surface area contributed by atoms with Crippen LogP contribution in [0.2, 0.25) is 0 Å². The molecule has 6 amide bonds. The highest BCUT2D eigenvalue weighted by Crippen LogP contribution is 2.28. The van der Waals surface area contributed by atoms with Crippen molar-refractivity contribution in [2.45, 2.75) is 142 Å². The van der Waals surface area contributed by atoms with Gasteiger partial charge in [-0.15, -0.1) is 0 Å². The number of carboxylic acids is 1. The number of carboxylic acid groups (broad SMARTS) is 1. The maximum atomic E-state index is 14.4. The maximum Gasteiger partial charge on any atom is 0.338 e. The van der Waals surface area contributed by atoms with E-state index in [0.29, 0.717) is 25.7 Å². The first-order chi connectivity index (χ1) is 27.8. The number of esters is 1. The van der Waals surface area contributed by atoms with Crippen LogP contribution in [0.5, 0.6) is 0 Å². The number of carbonyl (C=O) groups excluding carboxylic acids is 7. The van der Waals surface area contributed by atoms with Gasteiger partial charge in [-0.25, -0.2) is 9.59 Å². The van der Waals surface area contributed by atoms with Crippen LogP contribution >= 0.6 is 0 Å². The largest absolute Gasteiger partial charge is 0.478 e. The molecule has 17 nitrogen and oxygen atoms in total. The molecule has 7 N–H and O–H groups in total. The maximum absolute atomic E-state index is 14.4. The van der Waals surface area contributed by atoms with Crippen LogP contribution in [-0.4, -0.2) is 106 Å². The lowest BCUT2D eigenvalue weighted by molar-refractivity contribution is -0.144. The minimum absolute atomic E-state index is 0.0437. The summed E-state index contributed by atoms with van der Waals surface area (Å²) in [5.41, 5.74) is 4.23. The number of nitrogens with two attached hydrogens (primary N) is 1. The van der Waals surface area contributed by atoms with Gasteiger partial charge in [0.1, 0.15) is 30.2 Å². The lowest BCUT2D eigenvalue weighted by atomic mass is 9.83. The molecule has 2 fully saturated rings. The average Bonchev–Trinajstić information content (AvgIpc) is 3.68. The Hall–Kier alpha value is -5.35. The third-order valence-corrected chi connectivity index (χ3v) is 10.7. The van der Waals surface area contributed by atoms with E-state index in [1.165, 1.54) is 29.3 Å². The lowest BCUT2D eigenvalue weighted by Gasteiger charge is -2.36. The molecule has 1 saturated carbocycles. The van der Waals surface area contributed by atoms with E-state index in [1.54, 1.807) is 27.7 Å². The van der Waals surface area contributed by atoms with Gasteiger partial charge in [0.2, 0.25) is 29.5 Å². The van der Waals surface area contributed by atoms with Crippen LogP contribution in [0, 0.1) is 17.3 Å². The molecule has 0 spiro atoms. The van der Waals surface area contributed by atoms with Gasteiger partial charge in [0, 0.05) is 25.0 Å². The SMILES string of the molecule is CCOC(=O)/C=C/CC[C@H](NC(=O)c1ccncc1C(=O)O)C(=O)N[C@H](C(=O)N1CCC[C@H]1C(=O)N[C@@H](CCC(C)C)C(=O)N[C@H](C(N)=O)C1CCCCC1)C(C)(C)C. The van der Waals surface area contributed by atoms with Crippen molar-refractivity contribution >= 4 is 47.4 Å². The number of aromatic carboxylic acids is 1. The summed E-state index contributed by atoms with van der Waals surface area (Å²) in [6.45, 7) is 11.2. The molecule has 1 aliphatic carbocycles. The van der Waals surface area contributed by atoms with Crippen molar-refractivity contribution in [1.29, 1.82) is 0 Å². The van der Waals surface area contributed by atoms with E-state index in [4.69, 9.17) is 10.5 Å². The second-order valence-corrected chi connectivity index (χ2v) is 16.8. The fourth-order valence-electron chi connectivity index (χ4n) is 7.44. The van der Waals surface area contributed by atoms with Crippen LogP contribution < -0.4 is 27.0 Å². The summed E-state index contributed by atoms with van der Waals surface area (Å²) in [5, 5.41) is 20.7. The first kappa shape index (κ1) is 48.0. The van der Waals surface area contributed by atoms with E-state index in [2.05, 4.69) is 26.3 Å². The van der Waals surface area contributed by atoms with Gasteiger partial charge in [-0.05, 0) is 81.6 Å². The number of rotatable bonds is 20. The zero-order valence-corrected chi connectivity index (χ0v) is 35.2. The number of hydrogen-bond donors (Lipinski definition) is 6. The standard InChI is InChI=1S/C42H63N7O10/c1-7-59-32(50)18-12-11-16-29(45-36(52)27-21-22-44-24-28(27)41(57)58)38(54)48-34(42(4,5)6)40(56)49-23-13-17-31(49)39(55)46-30(20-19-25(2)3)37(53)47-33(35(43)51)26-14-9-8-10-15-26/h12,18,21-22,24-26,29-31,33-34H,7-11,13-17,19-20,23H2,1-6H3,(H2,43,51)(H,45,52)(H,46,55)(H,47,53)(H,48,54)(H,57,58)/b18-12+/t29-,30-,31-,33-,34+/m0/s1. The first-order valence-electron chi connectivity index (χ1n) is 20.7. The molecule has 0 unspecified atom stereocenters. The lowest BCUT2D eigenvalue weighted by Crippen LogP contribution is -2.61. The molecule has 1 saturated heterocycles. The van der Waals surface area contributed by atoms with Gasteiger partial charge in [0.05, 0.1) is 17.7 Å². The molecule has 0 aromatic carbocycles. The van der Waals surface area contributed by atoms with Crippen LogP contribution in [0.1, 0.15) is 133 Å². The summed E-state index contributed by atoms with van der Waals surface area (Å²) < 4.78 is 4.90. The van der Waals surface area contributed by atoms with Crippen molar-refractivity contribution in [3.63, 3.8) is 0 Å². The highest BCUT2D eigenvalue weighted by atomic mass is 16.5. The fraction of sp³-hybridized carbons (Fsp3) is 0.643. The van der Waals surface area contributed by atoms with Gasteiger partial charge in [-0.1, -0.05) is 60.0 Å². The molecular weight excluding hydrogens is 763 g/mol. The number of hydrogen-bond acceptors (Lipinski definition) is 10. The molecule has 5 atom stereocenters. The number of allylic oxidation sites excluding steroid dienone is 1. The van der Waals surface area contributed by atoms with Crippen LogP contribution in [-0.2, 0) is 33.5 Å². The third kappa shape index (κ3) is 14.5. The molecule has 1 aliphatic heterocycles. The highest BCUT2D eigenvalue weighted by molar-refractivity contribution is 6.06. The first-order valence-corrected chi connectivity index (χ1v) is 20.7. The van der Waals surface area contributed by atoms with E-state index in [1.807, 2.05) is 13.8 Å². The zero-order chi connectivity index (χ0) is 43.9. The quantitative estimate of drug-likeness (QED) is 0.0823. The van der Waals surface area contributed by atoms with Crippen molar-refractivity contribution in [1.82, 2.24) is 31.2 Å². The Morgan fingerprint density at radius 3 is 2.17 bits per heavy atom. The number of pyridine rings is 1. The van der Waals surface area contributed by atoms with Gasteiger partial charge in [0.15, 0.2) is 0 Å². The van der Waals surface area contributed by atoms with Gasteiger partial charge in [-0.2, -0.15) is 0 Å². The molecule has 326 valence electrons. The molecule has 17 heteroatoms. The fourth-order valence-corrected chi connectivity index (χ4v) is 7.44. The number of nitrogens with zero attached hydrogens (tertiary/aromatic N) is 2. The van der Waals surface area contributed by atoms with Crippen LogP contribution in [0.3, 0.4) is 0 Å². The van der Waals surface area contributed by atoms with Crippen LogP contribution in [0.25, 0.3) is 0 Å². The Morgan fingerprint density at radius 2 is 1.56 bits per heavy atom. The molecule has 1 aromatic rings. The van der Waals surface area contributed by atoms with Crippen molar-refractivity contribution in [2.24, 2.45) is 23.0 Å². The predicted octanol–water partition coefficient (Wildman–Crippen LogP) is 2.77. The number of primary amides is 1. The monoisotopic (exact) mass is 825 g/mol. The number of aromatic nitrogens is 1. The van der Waals surface area contributed by atoms with Crippen LogP contribution in [0.15, 0.2) is 30.6 Å². The molecule has 2 aliphatic rings. The Bertz CT molecular complexity index is 1700. The second-order valence-electron chi connectivity index (χ2n) is 16.8. The van der Waals surface area contributed by atoms with Gasteiger partial charge >= 0.3 is 11.9 Å². The smallest absolute Gasteiger partial charge is 0.338 e. The van der Waals surface area contributed by atoms with Gasteiger partial charge in [0.25, 0.3) is 5.91 Å². The summed E-state index contributed by atoms with van der Waals surface area (Å²) in [7, 11) is 0. The number of ether oxygens (including phenoxy) is 1. The normalized spacial score (nSPS) is 18.0.